The van der Waals surface area contributed by atoms with Gasteiger partial charge in [0.25, 0.3) is 0 Å². The number of likely N-dealkylation sites (tertiary alicyclic amines) is 1. The van der Waals surface area contributed by atoms with Crippen LogP contribution in [0.25, 0.3) is 22.0 Å². The molecule has 0 radical (unpaired) electrons. The monoisotopic (exact) mass is 481 g/mol. The quantitative estimate of drug-likeness (QED) is 0.336. The Morgan fingerprint density at radius 2 is 1.94 bits per heavy atom. The van der Waals surface area contributed by atoms with Gasteiger partial charge in [-0.1, -0.05) is 12.1 Å². The molecule has 1 aromatic carbocycles. The van der Waals surface area contributed by atoms with Crippen LogP contribution in [0.3, 0.4) is 0 Å². The average Bonchev–Trinajstić information content (AvgIpc) is 3.28. The van der Waals surface area contributed by atoms with Gasteiger partial charge in [0.15, 0.2) is 5.82 Å². The number of hydrogen-bond acceptors (Lipinski definition) is 8. The van der Waals surface area contributed by atoms with E-state index in [1.165, 1.54) is 0 Å². The van der Waals surface area contributed by atoms with Crippen LogP contribution in [0, 0.1) is 18.3 Å². The molecule has 1 fully saturated rings. The molecule has 0 amide bonds. The van der Waals surface area contributed by atoms with E-state index in [1.807, 2.05) is 37.4 Å². The van der Waals surface area contributed by atoms with Crippen molar-refractivity contribution in [3.8, 4) is 17.2 Å². The number of aromatic nitrogens is 5. The average molecular weight is 482 g/mol. The van der Waals surface area contributed by atoms with E-state index >= 15 is 0 Å². The summed E-state index contributed by atoms with van der Waals surface area (Å²) in [4.78, 5) is 16.5. The summed E-state index contributed by atoms with van der Waals surface area (Å²) in [5, 5.41) is 24.2. The van der Waals surface area contributed by atoms with Crippen LogP contribution in [0.2, 0.25) is 0 Å². The first-order valence-electron chi connectivity index (χ1n) is 12.4. The number of aromatic amines is 1. The molecule has 36 heavy (non-hydrogen) atoms. The minimum Gasteiger partial charge on any atom is -0.351 e. The van der Waals surface area contributed by atoms with E-state index in [2.05, 4.69) is 62.8 Å². The van der Waals surface area contributed by atoms with Crippen molar-refractivity contribution in [3.05, 3.63) is 54.5 Å². The lowest BCUT2D eigenvalue weighted by Gasteiger charge is -2.42. The number of hydrogen-bond donors (Lipinski definition) is 3. The molecule has 0 aliphatic carbocycles. The number of nitrogens with one attached hydrogen (secondary N) is 3. The van der Waals surface area contributed by atoms with Crippen molar-refractivity contribution in [2.45, 2.75) is 58.2 Å². The molecule has 2 unspecified atom stereocenters. The van der Waals surface area contributed by atoms with Gasteiger partial charge in [0.05, 0.1) is 11.6 Å². The van der Waals surface area contributed by atoms with Crippen molar-refractivity contribution in [3.63, 3.8) is 0 Å². The fourth-order valence-electron chi connectivity index (χ4n) is 5.15. The lowest BCUT2D eigenvalue weighted by Crippen LogP contribution is -2.50. The fraction of sp³-hybridized carbons (Fsp3) is 0.370. The number of rotatable bonds is 7. The Hall–Kier alpha value is -4.03. The number of H-pyrrole nitrogens is 1. The van der Waals surface area contributed by atoms with E-state index in [9.17, 15) is 0 Å². The van der Waals surface area contributed by atoms with Crippen LogP contribution in [0.4, 0.5) is 17.6 Å². The number of fused-ring (bicyclic) bond motifs is 1. The van der Waals surface area contributed by atoms with Gasteiger partial charge in [-0.15, -0.1) is 0 Å². The Kier molecular flexibility index (Phi) is 6.78. The summed E-state index contributed by atoms with van der Waals surface area (Å²) in [7, 11) is 0. The normalized spacial score (nSPS) is 20.2. The van der Waals surface area contributed by atoms with Gasteiger partial charge in [0.2, 0.25) is 5.95 Å². The SMILES string of the molecule is Cc1cc(Nc2nc(NC3CC(C)N(CCC#N)C(C)C3)nc3cc(-c4cccnc4)ccc23)n[nH]1. The predicted molar refractivity (Wildman–Crippen MR) is 142 cm³/mol. The van der Waals surface area contributed by atoms with Gasteiger partial charge in [-0.25, -0.2) is 4.98 Å². The number of anilines is 3. The number of benzene rings is 1. The lowest BCUT2D eigenvalue weighted by atomic mass is 9.92. The second kappa shape index (κ2) is 10.3. The maximum Gasteiger partial charge on any atom is 0.225 e. The predicted octanol–water partition coefficient (Wildman–Crippen LogP) is 5.03. The molecule has 184 valence electrons. The second-order valence-corrected chi connectivity index (χ2v) is 9.59. The second-order valence-electron chi connectivity index (χ2n) is 9.59. The van der Waals surface area contributed by atoms with E-state index < -0.39 is 0 Å². The topological polar surface area (TPSA) is 118 Å². The van der Waals surface area contributed by atoms with Crippen LogP contribution < -0.4 is 10.6 Å². The van der Waals surface area contributed by atoms with Gasteiger partial charge in [0.1, 0.15) is 5.82 Å². The van der Waals surface area contributed by atoms with Crippen LogP contribution in [-0.2, 0) is 0 Å². The molecule has 0 bridgehead atoms. The first-order chi connectivity index (χ1) is 17.5. The molecule has 9 heteroatoms. The van der Waals surface area contributed by atoms with Gasteiger partial charge >= 0.3 is 0 Å². The molecule has 2 atom stereocenters. The highest BCUT2D eigenvalue weighted by Gasteiger charge is 2.31. The molecule has 1 aliphatic rings. The number of nitrogens with zero attached hydrogens (tertiary/aromatic N) is 6. The van der Waals surface area contributed by atoms with E-state index in [-0.39, 0.29) is 6.04 Å². The van der Waals surface area contributed by atoms with Crippen molar-refractivity contribution in [1.82, 2.24) is 30.0 Å². The molecule has 3 aromatic heterocycles. The fourth-order valence-corrected chi connectivity index (χ4v) is 5.15. The van der Waals surface area contributed by atoms with Crippen LogP contribution in [0.1, 0.15) is 38.8 Å². The van der Waals surface area contributed by atoms with E-state index in [0.29, 0.717) is 36.1 Å². The summed E-state index contributed by atoms with van der Waals surface area (Å²) in [6.45, 7) is 7.24. The molecule has 0 saturated carbocycles. The Balaban J connectivity index is 1.46. The summed E-state index contributed by atoms with van der Waals surface area (Å²) in [6.07, 6.45) is 6.12. The molecule has 9 nitrogen and oxygen atoms in total. The molecule has 4 heterocycles. The first-order valence-corrected chi connectivity index (χ1v) is 12.4. The number of pyridine rings is 1. The third-order valence-electron chi connectivity index (χ3n) is 6.84. The van der Waals surface area contributed by atoms with Crippen molar-refractivity contribution in [2.75, 3.05) is 17.2 Å². The van der Waals surface area contributed by atoms with Gasteiger partial charge in [-0.2, -0.15) is 15.3 Å². The summed E-state index contributed by atoms with van der Waals surface area (Å²) in [5.74, 6) is 2.01. The highest BCUT2D eigenvalue weighted by Crippen LogP contribution is 2.31. The molecule has 5 rings (SSSR count). The Morgan fingerprint density at radius 3 is 2.64 bits per heavy atom. The number of nitriles is 1. The standard InChI is InChI=1S/C27H31N9/c1-17-12-25(35-34-17)32-26-23-8-7-20(21-6-4-10-29-16-21)15-24(23)31-27(33-26)30-22-13-18(2)36(11-5-9-28)19(3)14-22/h4,6-8,10,12,15-16,18-19,22H,5,11,13-14H2,1-3H3,(H3,30,31,32,33,34,35). The minimum atomic E-state index is 0.243. The van der Waals surface area contributed by atoms with Crippen molar-refractivity contribution >= 4 is 28.5 Å². The van der Waals surface area contributed by atoms with Crippen molar-refractivity contribution < 1.29 is 0 Å². The van der Waals surface area contributed by atoms with Crippen LogP contribution in [0.15, 0.2) is 48.8 Å². The Morgan fingerprint density at radius 1 is 1.11 bits per heavy atom. The summed E-state index contributed by atoms with van der Waals surface area (Å²) in [5.41, 5.74) is 3.91. The van der Waals surface area contributed by atoms with Gasteiger partial charge in [0, 0.05) is 66.2 Å². The smallest absolute Gasteiger partial charge is 0.225 e. The van der Waals surface area contributed by atoms with Crippen LogP contribution in [-0.4, -0.2) is 54.7 Å². The molecule has 1 saturated heterocycles. The Bertz CT molecular complexity index is 1360. The number of piperidine rings is 1. The molecule has 4 aromatic rings. The molecule has 0 spiro atoms. The number of aryl methyl sites for hydroxylation is 1. The highest BCUT2D eigenvalue weighted by atomic mass is 15.2. The molecule has 1 aliphatic heterocycles. The molecule has 3 N–H and O–H groups in total. The third-order valence-corrected chi connectivity index (χ3v) is 6.84. The zero-order valence-electron chi connectivity index (χ0n) is 20.9. The lowest BCUT2D eigenvalue weighted by molar-refractivity contribution is 0.0990. The largest absolute Gasteiger partial charge is 0.351 e. The highest BCUT2D eigenvalue weighted by molar-refractivity contribution is 5.94. The minimum absolute atomic E-state index is 0.243. The van der Waals surface area contributed by atoms with Crippen LogP contribution in [0.5, 0.6) is 0 Å². The summed E-state index contributed by atoms with van der Waals surface area (Å²) < 4.78 is 0. The molecular weight excluding hydrogens is 450 g/mol. The Labute approximate surface area is 211 Å². The van der Waals surface area contributed by atoms with E-state index in [4.69, 9.17) is 15.2 Å². The summed E-state index contributed by atoms with van der Waals surface area (Å²) >= 11 is 0. The molecular formula is C27H31N9. The third kappa shape index (κ3) is 5.14. The maximum atomic E-state index is 9.01. The first kappa shape index (κ1) is 23.7. The van der Waals surface area contributed by atoms with Gasteiger partial charge in [-0.3, -0.25) is 15.0 Å². The van der Waals surface area contributed by atoms with E-state index in [1.54, 1.807) is 6.20 Å². The zero-order valence-corrected chi connectivity index (χ0v) is 20.9. The van der Waals surface area contributed by atoms with Gasteiger partial charge < -0.3 is 10.6 Å². The van der Waals surface area contributed by atoms with Crippen molar-refractivity contribution in [2.24, 2.45) is 0 Å². The maximum absolute atomic E-state index is 9.01. The van der Waals surface area contributed by atoms with Gasteiger partial charge in [-0.05, 0) is 57.4 Å². The van der Waals surface area contributed by atoms with E-state index in [0.717, 1.165) is 47.1 Å². The zero-order chi connectivity index (χ0) is 25.1. The van der Waals surface area contributed by atoms with Crippen molar-refractivity contribution in [1.29, 1.82) is 5.26 Å². The summed E-state index contributed by atoms with van der Waals surface area (Å²) in [6, 6.07) is 15.4. The van der Waals surface area contributed by atoms with Crippen LogP contribution >= 0.6 is 0 Å².